The van der Waals surface area contributed by atoms with Crippen LogP contribution >= 0.6 is 11.3 Å². The Balaban J connectivity index is 0.00000294. The largest absolute Gasteiger partial charge is 0.339 e. The fourth-order valence-corrected chi connectivity index (χ4v) is 6.59. The predicted octanol–water partition coefficient (Wildman–Crippen LogP) is 9.39. The Morgan fingerprint density at radius 2 is 1.77 bits per heavy atom. The van der Waals surface area contributed by atoms with Gasteiger partial charge in [-0.15, -0.1) is 11.3 Å². The average Bonchev–Trinajstić information content (AvgIpc) is 3.52. The van der Waals surface area contributed by atoms with Gasteiger partial charge in [0.15, 0.2) is 5.78 Å². The molecule has 0 aliphatic heterocycles. The fraction of sp³-hybridized carbons (Fsp3) is 0.421. The Morgan fingerprint density at radius 3 is 2.38 bits per heavy atom. The highest BCUT2D eigenvalue weighted by molar-refractivity contribution is 7.14. The monoisotopic (exact) mass is 660 g/mol. The summed E-state index contributed by atoms with van der Waals surface area (Å²) in [6.07, 6.45) is 12.0. The molecule has 4 rings (SSSR count). The van der Waals surface area contributed by atoms with Crippen molar-refractivity contribution in [2.75, 3.05) is 23.7 Å². The number of pyridine rings is 1. The zero-order valence-corrected chi connectivity index (χ0v) is 29.7. The lowest BCUT2D eigenvalue weighted by atomic mass is 9.97. The number of fused-ring (bicyclic) bond motifs is 1. The number of halogens is 1. The Bertz CT molecular complexity index is 1580. The van der Waals surface area contributed by atoms with Crippen molar-refractivity contribution in [1.82, 2.24) is 9.88 Å². The molecule has 0 atom stereocenters. The Hall–Kier alpha value is -4.11. The first-order valence-electron chi connectivity index (χ1n) is 16.8. The molecule has 2 aromatic heterocycles. The third-order valence-corrected chi connectivity index (χ3v) is 9.21. The van der Waals surface area contributed by atoms with E-state index in [9.17, 15) is 18.8 Å². The SMILES string of the molecule is C/C=C(\C=C(\Nc1ccc(C(=O)N(CCC)CCCC)cn1)C(C)=O)c1cc(F)cc(NC(=O)c2cc3c(s2)CCCC3)c1C.CC. The third kappa shape index (κ3) is 9.94. The summed E-state index contributed by atoms with van der Waals surface area (Å²) in [6.45, 7) is 14.6. The molecule has 1 aromatic carbocycles. The quantitative estimate of drug-likeness (QED) is 0.141. The molecule has 0 radical (unpaired) electrons. The lowest BCUT2D eigenvalue weighted by molar-refractivity contribution is -0.113. The number of nitrogens with one attached hydrogen (secondary N) is 2. The maximum absolute atomic E-state index is 14.9. The molecule has 0 saturated heterocycles. The minimum Gasteiger partial charge on any atom is -0.339 e. The molecular formula is C38H49FN4O3S. The number of anilines is 2. The van der Waals surface area contributed by atoms with Crippen LogP contribution < -0.4 is 10.6 Å². The van der Waals surface area contributed by atoms with Crippen LogP contribution in [-0.4, -0.2) is 40.6 Å². The van der Waals surface area contributed by atoms with Gasteiger partial charge in [0, 0.05) is 36.8 Å². The van der Waals surface area contributed by atoms with Gasteiger partial charge in [0.25, 0.3) is 11.8 Å². The molecule has 252 valence electrons. The van der Waals surface area contributed by atoms with Crippen LogP contribution in [0.4, 0.5) is 15.9 Å². The molecule has 3 aromatic rings. The number of ketones is 1. The summed E-state index contributed by atoms with van der Waals surface area (Å²) in [5, 5.41) is 5.98. The first-order valence-corrected chi connectivity index (χ1v) is 17.6. The van der Waals surface area contributed by atoms with Gasteiger partial charge in [-0.2, -0.15) is 0 Å². The van der Waals surface area contributed by atoms with Crippen molar-refractivity contribution in [2.45, 2.75) is 93.4 Å². The van der Waals surface area contributed by atoms with E-state index < -0.39 is 5.82 Å². The number of nitrogens with zero attached hydrogens (tertiary/aromatic N) is 2. The van der Waals surface area contributed by atoms with Crippen LogP contribution in [0.15, 0.2) is 54.4 Å². The van der Waals surface area contributed by atoms with E-state index >= 15 is 0 Å². The molecule has 1 aliphatic carbocycles. The number of thiophene rings is 1. The molecule has 0 bridgehead atoms. The maximum atomic E-state index is 14.9. The highest BCUT2D eigenvalue weighted by Gasteiger charge is 2.20. The molecule has 0 spiro atoms. The van der Waals surface area contributed by atoms with Gasteiger partial charge < -0.3 is 15.5 Å². The number of hydrogen-bond donors (Lipinski definition) is 2. The number of aryl methyl sites for hydroxylation is 2. The van der Waals surface area contributed by atoms with Crippen LogP contribution in [0, 0.1) is 12.7 Å². The Kier molecular flexibility index (Phi) is 14.5. The summed E-state index contributed by atoms with van der Waals surface area (Å²) in [5.41, 5.74) is 4.19. The van der Waals surface area contributed by atoms with Gasteiger partial charge in [-0.05, 0) is 111 Å². The van der Waals surface area contributed by atoms with Crippen LogP contribution in [0.3, 0.4) is 0 Å². The van der Waals surface area contributed by atoms with Gasteiger partial charge in [0.1, 0.15) is 11.6 Å². The highest BCUT2D eigenvalue weighted by Crippen LogP contribution is 2.32. The molecule has 2 amide bonds. The number of carbonyl (C=O) groups is 3. The van der Waals surface area contributed by atoms with Gasteiger partial charge in [-0.3, -0.25) is 14.4 Å². The van der Waals surface area contributed by atoms with E-state index in [4.69, 9.17) is 0 Å². The zero-order valence-electron chi connectivity index (χ0n) is 28.9. The number of carbonyl (C=O) groups excluding carboxylic acids is 3. The second kappa shape index (κ2) is 18.3. The van der Waals surface area contributed by atoms with E-state index in [0.29, 0.717) is 51.7 Å². The Morgan fingerprint density at radius 1 is 1.02 bits per heavy atom. The fourth-order valence-electron chi connectivity index (χ4n) is 5.44. The van der Waals surface area contributed by atoms with E-state index in [2.05, 4.69) is 22.5 Å². The number of rotatable bonds is 13. The molecule has 0 unspecified atom stereocenters. The zero-order chi connectivity index (χ0) is 34.5. The molecule has 1 aliphatic rings. The van der Waals surface area contributed by atoms with Crippen molar-refractivity contribution in [3.05, 3.63) is 92.2 Å². The summed E-state index contributed by atoms with van der Waals surface area (Å²) in [6, 6.07) is 8.06. The van der Waals surface area contributed by atoms with Gasteiger partial charge in [0.05, 0.1) is 16.1 Å². The number of Topliss-reactive ketones (excluding diaryl/α,β-unsaturated/α-hetero) is 1. The van der Waals surface area contributed by atoms with Crippen molar-refractivity contribution in [1.29, 1.82) is 0 Å². The lowest BCUT2D eigenvalue weighted by Crippen LogP contribution is -2.32. The minimum absolute atomic E-state index is 0.0639. The molecule has 2 heterocycles. The van der Waals surface area contributed by atoms with Gasteiger partial charge in [-0.25, -0.2) is 9.37 Å². The number of unbranched alkanes of at least 4 members (excludes halogenated alkanes) is 1. The van der Waals surface area contributed by atoms with E-state index in [-0.39, 0.29) is 23.3 Å². The first-order chi connectivity index (χ1) is 22.6. The number of benzene rings is 1. The average molecular weight is 661 g/mol. The molecule has 0 fully saturated rings. The normalized spacial score (nSPS) is 12.9. The molecule has 0 saturated carbocycles. The van der Waals surface area contributed by atoms with E-state index in [1.807, 2.05) is 45.6 Å². The predicted molar refractivity (Wildman–Crippen MR) is 193 cm³/mol. The molecule has 47 heavy (non-hydrogen) atoms. The molecule has 9 heteroatoms. The highest BCUT2D eigenvalue weighted by atomic mass is 32.1. The topological polar surface area (TPSA) is 91.4 Å². The first kappa shape index (κ1) is 37.3. The van der Waals surface area contributed by atoms with Crippen LogP contribution in [0.25, 0.3) is 5.57 Å². The summed E-state index contributed by atoms with van der Waals surface area (Å²) in [4.78, 5) is 47.0. The maximum Gasteiger partial charge on any atom is 0.265 e. The molecule has 7 nitrogen and oxygen atoms in total. The van der Waals surface area contributed by atoms with E-state index in [1.165, 1.54) is 47.0 Å². The number of allylic oxidation sites excluding steroid dienone is 4. The number of hydrogen-bond acceptors (Lipinski definition) is 6. The van der Waals surface area contributed by atoms with Crippen molar-refractivity contribution < 1.29 is 18.8 Å². The van der Waals surface area contributed by atoms with Gasteiger partial charge >= 0.3 is 0 Å². The molecular weight excluding hydrogens is 612 g/mol. The van der Waals surface area contributed by atoms with Gasteiger partial charge in [0.2, 0.25) is 0 Å². The summed E-state index contributed by atoms with van der Waals surface area (Å²) in [7, 11) is 0. The van der Waals surface area contributed by atoms with Crippen molar-refractivity contribution >= 4 is 46.0 Å². The smallest absolute Gasteiger partial charge is 0.265 e. The van der Waals surface area contributed by atoms with Crippen molar-refractivity contribution in [3.8, 4) is 0 Å². The van der Waals surface area contributed by atoms with Crippen LogP contribution in [0.1, 0.15) is 115 Å². The van der Waals surface area contributed by atoms with E-state index in [0.717, 1.165) is 44.9 Å². The Labute approximate surface area is 283 Å². The van der Waals surface area contributed by atoms with E-state index in [1.54, 1.807) is 24.3 Å². The van der Waals surface area contributed by atoms with Crippen LogP contribution in [0.5, 0.6) is 0 Å². The summed E-state index contributed by atoms with van der Waals surface area (Å²) >= 11 is 1.51. The van der Waals surface area contributed by atoms with Crippen LogP contribution in [-0.2, 0) is 17.6 Å². The van der Waals surface area contributed by atoms with Gasteiger partial charge in [-0.1, -0.05) is 40.2 Å². The summed E-state index contributed by atoms with van der Waals surface area (Å²) in [5.74, 6) is -0.657. The second-order valence-corrected chi connectivity index (χ2v) is 12.5. The standard InChI is InChI=1S/C36H43FN4O3S.C2H6/c1-6-9-17-41(16-7-2)36(44)27-14-15-34(38-22-27)39-31(24(5)42)18-25(8-3)29-20-28(37)21-30(23(29)4)40-35(43)33-19-26-12-10-11-13-32(26)45-33;1-2/h8,14-15,18-22H,6-7,9-13,16-17H2,1-5H3,(H,38,39)(H,40,43);1-2H3/b25-8+,31-18+;. The molecule has 2 N–H and O–H groups in total. The number of amides is 2. The third-order valence-electron chi connectivity index (χ3n) is 7.98. The van der Waals surface area contributed by atoms with Crippen molar-refractivity contribution in [2.24, 2.45) is 0 Å². The minimum atomic E-state index is -0.501. The summed E-state index contributed by atoms with van der Waals surface area (Å²) < 4.78 is 14.9. The van der Waals surface area contributed by atoms with Crippen molar-refractivity contribution in [3.63, 3.8) is 0 Å². The van der Waals surface area contributed by atoms with Crippen LogP contribution in [0.2, 0.25) is 0 Å². The lowest BCUT2D eigenvalue weighted by Gasteiger charge is -2.22. The number of aromatic nitrogens is 1. The second-order valence-electron chi connectivity index (χ2n) is 11.4.